The third-order valence-corrected chi connectivity index (χ3v) is 4.34. The highest BCUT2D eigenvalue weighted by atomic mass is 32.1. The molecule has 122 valence electrons. The van der Waals surface area contributed by atoms with E-state index >= 15 is 0 Å². The third kappa shape index (κ3) is 3.97. The number of para-hydroxylation sites is 1. The molecule has 1 heterocycles. The van der Waals surface area contributed by atoms with Crippen LogP contribution in [0.4, 0.5) is 5.13 Å². The highest BCUT2D eigenvalue weighted by Crippen LogP contribution is 2.22. The molecular weight excluding hydrogens is 322 g/mol. The number of aryl methyl sites for hydroxylation is 1. The Labute approximate surface area is 144 Å². The number of rotatable bonds is 6. The molecule has 0 aliphatic carbocycles. The molecule has 6 heteroatoms. The number of carbonyl (C=O) groups excluding carboxylic acids is 1. The SMILES string of the molecule is CCc1nnc(NC(=O)c2ccccc2OCc2ccccc2)s1. The molecule has 0 unspecified atom stereocenters. The first-order valence-electron chi connectivity index (χ1n) is 7.65. The molecule has 0 spiro atoms. The van der Waals surface area contributed by atoms with Crippen LogP contribution < -0.4 is 10.1 Å². The fraction of sp³-hybridized carbons (Fsp3) is 0.167. The van der Waals surface area contributed by atoms with E-state index in [1.54, 1.807) is 12.1 Å². The molecule has 0 atom stereocenters. The molecule has 0 radical (unpaired) electrons. The van der Waals surface area contributed by atoms with Crippen LogP contribution in [0, 0.1) is 0 Å². The number of hydrogen-bond donors (Lipinski definition) is 1. The van der Waals surface area contributed by atoms with Crippen molar-refractivity contribution in [3.05, 3.63) is 70.7 Å². The monoisotopic (exact) mass is 339 g/mol. The van der Waals surface area contributed by atoms with E-state index in [1.165, 1.54) is 11.3 Å². The standard InChI is InChI=1S/C18H17N3O2S/c1-2-16-20-21-18(24-16)19-17(22)14-10-6-7-11-15(14)23-12-13-8-4-3-5-9-13/h3-11H,2,12H2,1H3,(H,19,21,22). The van der Waals surface area contributed by atoms with Crippen molar-refractivity contribution in [2.75, 3.05) is 5.32 Å². The maximum Gasteiger partial charge on any atom is 0.261 e. The van der Waals surface area contributed by atoms with Crippen molar-refractivity contribution in [1.82, 2.24) is 10.2 Å². The van der Waals surface area contributed by atoms with Gasteiger partial charge in [0.25, 0.3) is 5.91 Å². The van der Waals surface area contributed by atoms with Crippen LogP contribution in [0.25, 0.3) is 0 Å². The smallest absolute Gasteiger partial charge is 0.261 e. The van der Waals surface area contributed by atoms with Crippen molar-refractivity contribution >= 4 is 22.4 Å². The average molecular weight is 339 g/mol. The average Bonchev–Trinajstić information content (AvgIpc) is 3.08. The molecule has 0 saturated heterocycles. The van der Waals surface area contributed by atoms with Crippen molar-refractivity contribution in [1.29, 1.82) is 0 Å². The predicted octanol–water partition coefficient (Wildman–Crippen LogP) is 3.93. The number of hydrogen-bond acceptors (Lipinski definition) is 5. The van der Waals surface area contributed by atoms with Crippen LogP contribution in [0.15, 0.2) is 54.6 Å². The first-order valence-corrected chi connectivity index (χ1v) is 8.47. The maximum atomic E-state index is 12.5. The number of benzene rings is 2. The van der Waals surface area contributed by atoms with Gasteiger partial charge in [0.15, 0.2) is 0 Å². The molecule has 24 heavy (non-hydrogen) atoms. The quantitative estimate of drug-likeness (QED) is 0.739. The van der Waals surface area contributed by atoms with Gasteiger partial charge in [-0.2, -0.15) is 0 Å². The van der Waals surface area contributed by atoms with Crippen LogP contribution in [-0.4, -0.2) is 16.1 Å². The highest BCUT2D eigenvalue weighted by molar-refractivity contribution is 7.15. The van der Waals surface area contributed by atoms with Gasteiger partial charge in [0.1, 0.15) is 17.4 Å². The Morgan fingerprint density at radius 2 is 1.83 bits per heavy atom. The zero-order chi connectivity index (χ0) is 16.8. The van der Waals surface area contributed by atoms with E-state index in [0.717, 1.165) is 17.0 Å². The van der Waals surface area contributed by atoms with Gasteiger partial charge in [-0.1, -0.05) is 60.7 Å². The summed E-state index contributed by atoms with van der Waals surface area (Å²) in [5.41, 5.74) is 1.52. The van der Waals surface area contributed by atoms with Gasteiger partial charge in [-0.3, -0.25) is 10.1 Å². The van der Waals surface area contributed by atoms with E-state index in [-0.39, 0.29) is 5.91 Å². The second-order valence-corrected chi connectivity index (χ2v) is 6.14. The molecule has 5 nitrogen and oxygen atoms in total. The molecule has 0 fully saturated rings. The fourth-order valence-corrected chi connectivity index (χ4v) is 2.80. The van der Waals surface area contributed by atoms with E-state index in [2.05, 4.69) is 15.5 Å². The number of ether oxygens (including phenoxy) is 1. The summed E-state index contributed by atoms with van der Waals surface area (Å²) >= 11 is 1.38. The van der Waals surface area contributed by atoms with Crippen molar-refractivity contribution in [3.63, 3.8) is 0 Å². The molecule has 0 saturated carbocycles. The zero-order valence-corrected chi connectivity index (χ0v) is 14.0. The molecule has 1 aromatic heterocycles. The first-order chi connectivity index (χ1) is 11.8. The van der Waals surface area contributed by atoms with Gasteiger partial charge in [0, 0.05) is 0 Å². The summed E-state index contributed by atoms with van der Waals surface area (Å²) in [5.74, 6) is 0.288. The van der Waals surface area contributed by atoms with E-state index in [9.17, 15) is 4.79 Å². The van der Waals surface area contributed by atoms with E-state index in [4.69, 9.17) is 4.74 Å². The molecule has 3 rings (SSSR count). The molecule has 0 aliphatic rings. The summed E-state index contributed by atoms with van der Waals surface area (Å²) in [6, 6.07) is 17.0. The zero-order valence-electron chi connectivity index (χ0n) is 13.2. The second kappa shape index (κ2) is 7.70. The van der Waals surface area contributed by atoms with Gasteiger partial charge >= 0.3 is 0 Å². The number of amides is 1. The topological polar surface area (TPSA) is 64.1 Å². The van der Waals surface area contributed by atoms with Crippen LogP contribution in [0.1, 0.15) is 27.9 Å². The van der Waals surface area contributed by atoms with Crippen LogP contribution in [0.2, 0.25) is 0 Å². The fourth-order valence-electron chi connectivity index (χ4n) is 2.13. The first kappa shape index (κ1) is 16.1. The lowest BCUT2D eigenvalue weighted by Crippen LogP contribution is -2.13. The van der Waals surface area contributed by atoms with Crippen molar-refractivity contribution in [2.24, 2.45) is 0 Å². The summed E-state index contributed by atoms with van der Waals surface area (Å²) in [5, 5.41) is 12.1. The van der Waals surface area contributed by atoms with Gasteiger partial charge < -0.3 is 4.74 Å². The van der Waals surface area contributed by atoms with Crippen LogP contribution >= 0.6 is 11.3 Å². The van der Waals surface area contributed by atoms with Crippen molar-refractivity contribution < 1.29 is 9.53 Å². The molecule has 1 amide bonds. The maximum absolute atomic E-state index is 12.5. The van der Waals surface area contributed by atoms with Crippen LogP contribution in [0.5, 0.6) is 5.75 Å². The summed E-state index contributed by atoms with van der Waals surface area (Å²) in [7, 11) is 0. The van der Waals surface area contributed by atoms with Gasteiger partial charge in [-0.05, 0) is 24.1 Å². The lowest BCUT2D eigenvalue weighted by Gasteiger charge is -2.10. The van der Waals surface area contributed by atoms with Crippen molar-refractivity contribution in [3.8, 4) is 5.75 Å². The predicted molar refractivity (Wildman–Crippen MR) is 94.5 cm³/mol. The minimum Gasteiger partial charge on any atom is -0.488 e. The Bertz CT molecular complexity index is 818. The largest absolute Gasteiger partial charge is 0.488 e. The Morgan fingerprint density at radius 1 is 1.08 bits per heavy atom. The van der Waals surface area contributed by atoms with E-state index in [0.29, 0.717) is 23.1 Å². The van der Waals surface area contributed by atoms with E-state index < -0.39 is 0 Å². The summed E-state index contributed by atoms with van der Waals surface area (Å²) in [6.07, 6.45) is 0.796. The number of nitrogens with one attached hydrogen (secondary N) is 1. The number of aromatic nitrogens is 2. The molecule has 0 bridgehead atoms. The number of nitrogens with zero attached hydrogens (tertiary/aromatic N) is 2. The van der Waals surface area contributed by atoms with Gasteiger partial charge in [-0.15, -0.1) is 10.2 Å². The minimum absolute atomic E-state index is 0.252. The highest BCUT2D eigenvalue weighted by Gasteiger charge is 2.14. The number of anilines is 1. The Balaban J connectivity index is 1.72. The molecule has 0 aliphatic heterocycles. The normalized spacial score (nSPS) is 10.4. The summed E-state index contributed by atoms with van der Waals surface area (Å²) in [4.78, 5) is 12.5. The molecule has 1 N–H and O–H groups in total. The number of carbonyl (C=O) groups is 1. The Kier molecular flexibility index (Phi) is 5.18. The van der Waals surface area contributed by atoms with Gasteiger partial charge in [0.2, 0.25) is 5.13 Å². The second-order valence-electron chi connectivity index (χ2n) is 5.08. The molecular formula is C18H17N3O2S. The molecule has 2 aromatic carbocycles. The van der Waals surface area contributed by atoms with Gasteiger partial charge in [0.05, 0.1) is 5.56 Å². The van der Waals surface area contributed by atoms with Gasteiger partial charge in [-0.25, -0.2) is 0 Å². The Morgan fingerprint density at radius 3 is 2.58 bits per heavy atom. The lowest BCUT2D eigenvalue weighted by molar-refractivity contribution is 0.102. The van der Waals surface area contributed by atoms with Crippen LogP contribution in [-0.2, 0) is 13.0 Å². The third-order valence-electron chi connectivity index (χ3n) is 3.36. The summed E-state index contributed by atoms with van der Waals surface area (Å²) in [6.45, 7) is 2.41. The molecule has 3 aromatic rings. The minimum atomic E-state index is -0.252. The van der Waals surface area contributed by atoms with Crippen LogP contribution in [0.3, 0.4) is 0 Å². The van der Waals surface area contributed by atoms with Crippen molar-refractivity contribution in [2.45, 2.75) is 20.0 Å². The van der Waals surface area contributed by atoms with E-state index in [1.807, 2.05) is 49.4 Å². The summed E-state index contributed by atoms with van der Waals surface area (Å²) < 4.78 is 5.81. The lowest BCUT2D eigenvalue weighted by atomic mass is 10.2. The Hall–Kier alpha value is -2.73.